The van der Waals surface area contributed by atoms with Crippen LogP contribution in [0, 0.1) is 0 Å². The van der Waals surface area contributed by atoms with Gasteiger partial charge in [0.2, 0.25) is 0 Å². The Morgan fingerprint density at radius 2 is 2.23 bits per heavy atom. The van der Waals surface area contributed by atoms with Gasteiger partial charge in [-0.25, -0.2) is 0 Å². The van der Waals surface area contributed by atoms with Crippen LogP contribution in [0.25, 0.3) is 0 Å². The van der Waals surface area contributed by atoms with Crippen LogP contribution in [0.2, 0.25) is 0 Å². The molecule has 0 spiro atoms. The van der Waals surface area contributed by atoms with Gasteiger partial charge in [-0.3, -0.25) is 4.98 Å². The lowest BCUT2D eigenvalue weighted by Gasteiger charge is -2.25. The van der Waals surface area contributed by atoms with Crippen molar-refractivity contribution in [1.82, 2.24) is 10.3 Å². The SMILES string of the molecule is CC1(Nc2ccncc2)CCNC1. The van der Waals surface area contributed by atoms with Crippen LogP contribution in [0.5, 0.6) is 0 Å². The molecule has 0 bridgehead atoms. The average Bonchev–Trinajstić information content (AvgIpc) is 2.54. The number of hydrogen-bond acceptors (Lipinski definition) is 3. The van der Waals surface area contributed by atoms with Crippen LogP contribution >= 0.6 is 0 Å². The molecule has 3 nitrogen and oxygen atoms in total. The first kappa shape index (κ1) is 8.51. The minimum Gasteiger partial charge on any atom is -0.378 e. The summed E-state index contributed by atoms with van der Waals surface area (Å²) in [4.78, 5) is 3.99. The molecule has 70 valence electrons. The van der Waals surface area contributed by atoms with Crippen molar-refractivity contribution in [2.24, 2.45) is 0 Å². The summed E-state index contributed by atoms with van der Waals surface area (Å²) in [5.74, 6) is 0. The second-order valence-electron chi connectivity index (χ2n) is 3.85. The van der Waals surface area contributed by atoms with Gasteiger partial charge >= 0.3 is 0 Å². The highest BCUT2D eigenvalue weighted by Gasteiger charge is 2.27. The molecule has 0 amide bonds. The zero-order valence-electron chi connectivity index (χ0n) is 7.88. The quantitative estimate of drug-likeness (QED) is 0.713. The first-order valence-corrected chi connectivity index (χ1v) is 4.67. The third-order valence-corrected chi connectivity index (χ3v) is 2.50. The smallest absolute Gasteiger partial charge is 0.0481 e. The normalized spacial score (nSPS) is 27.5. The zero-order valence-corrected chi connectivity index (χ0v) is 7.88. The van der Waals surface area contributed by atoms with Crippen molar-refractivity contribution in [1.29, 1.82) is 0 Å². The van der Waals surface area contributed by atoms with Gasteiger partial charge in [-0.1, -0.05) is 0 Å². The van der Waals surface area contributed by atoms with Crippen molar-refractivity contribution in [3.05, 3.63) is 24.5 Å². The van der Waals surface area contributed by atoms with E-state index < -0.39 is 0 Å². The Morgan fingerprint density at radius 1 is 1.46 bits per heavy atom. The summed E-state index contributed by atoms with van der Waals surface area (Å²) in [5.41, 5.74) is 1.36. The summed E-state index contributed by atoms with van der Waals surface area (Å²) in [6.07, 6.45) is 4.80. The number of nitrogens with one attached hydrogen (secondary N) is 2. The molecule has 0 aliphatic carbocycles. The Morgan fingerprint density at radius 3 is 2.85 bits per heavy atom. The lowest BCUT2D eigenvalue weighted by Crippen LogP contribution is -2.36. The van der Waals surface area contributed by atoms with E-state index in [0.717, 1.165) is 18.8 Å². The van der Waals surface area contributed by atoms with Crippen molar-refractivity contribution < 1.29 is 0 Å². The van der Waals surface area contributed by atoms with E-state index in [0.29, 0.717) is 0 Å². The standard InChI is InChI=1S/C10H15N3/c1-10(4-7-12-8-10)13-9-2-5-11-6-3-9/h2-3,5-6,12H,4,7-8H2,1H3,(H,11,13). The van der Waals surface area contributed by atoms with E-state index in [4.69, 9.17) is 0 Å². The number of anilines is 1. The molecular formula is C10H15N3. The van der Waals surface area contributed by atoms with Gasteiger partial charge in [0.25, 0.3) is 0 Å². The number of aromatic nitrogens is 1. The molecule has 2 heterocycles. The second kappa shape index (κ2) is 3.34. The molecule has 0 aromatic carbocycles. The summed E-state index contributed by atoms with van der Waals surface area (Å²) in [6.45, 7) is 4.39. The van der Waals surface area contributed by atoms with E-state index in [1.807, 2.05) is 24.5 Å². The maximum absolute atomic E-state index is 3.99. The molecule has 2 rings (SSSR count). The molecule has 1 aliphatic heterocycles. The fourth-order valence-corrected chi connectivity index (χ4v) is 1.71. The molecule has 1 unspecified atom stereocenters. The predicted octanol–water partition coefficient (Wildman–Crippen LogP) is 1.25. The molecule has 1 aromatic heterocycles. The lowest BCUT2D eigenvalue weighted by atomic mass is 10.0. The summed E-state index contributed by atoms with van der Waals surface area (Å²) in [7, 11) is 0. The second-order valence-corrected chi connectivity index (χ2v) is 3.85. The van der Waals surface area contributed by atoms with Crippen LogP contribution in [-0.2, 0) is 0 Å². The Balaban J connectivity index is 2.05. The molecule has 1 aromatic rings. The summed E-state index contributed by atoms with van der Waals surface area (Å²) in [6, 6.07) is 4.01. The van der Waals surface area contributed by atoms with Crippen molar-refractivity contribution >= 4 is 5.69 Å². The van der Waals surface area contributed by atoms with Crippen molar-refractivity contribution in [2.75, 3.05) is 18.4 Å². The number of pyridine rings is 1. The maximum atomic E-state index is 3.99. The third kappa shape index (κ3) is 1.98. The fraction of sp³-hybridized carbons (Fsp3) is 0.500. The van der Waals surface area contributed by atoms with Gasteiger partial charge in [0.1, 0.15) is 0 Å². The molecule has 1 saturated heterocycles. The van der Waals surface area contributed by atoms with Crippen molar-refractivity contribution in [3.63, 3.8) is 0 Å². The minimum atomic E-state index is 0.210. The number of hydrogen-bond donors (Lipinski definition) is 2. The Bertz CT molecular complexity index is 265. The van der Waals surface area contributed by atoms with E-state index in [1.54, 1.807) is 0 Å². The topological polar surface area (TPSA) is 37.0 Å². The molecule has 1 fully saturated rings. The van der Waals surface area contributed by atoms with Gasteiger partial charge in [-0.2, -0.15) is 0 Å². The predicted molar refractivity (Wildman–Crippen MR) is 53.8 cm³/mol. The maximum Gasteiger partial charge on any atom is 0.0481 e. The summed E-state index contributed by atoms with van der Waals surface area (Å²) in [5, 5.41) is 6.87. The van der Waals surface area contributed by atoms with Gasteiger partial charge in [-0.15, -0.1) is 0 Å². The van der Waals surface area contributed by atoms with Gasteiger partial charge in [-0.05, 0) is 32.0 Å². The minimum absolute atomic E-state index is 0.210. The molecule has 2 N–H and O–H groups in total. The molecule has 3 heteroatoms. The third-order valence-electron chi connectivity index (χ3n) is 2.50. The van der Waals surface area contributed by atoms with Crippen LogP contribution in [0.1, 0.15) is 13.3 Å². The van der Waals surface area contributed by atoms with Crippen molar-refractivity contribution in [3.8, 4) is 0 Å². The van der Waals surface area contributed by atoms with Crippen LogP contribution in [0.3, 0.4) is 0 Å². The summed E-state index contributed by atoms with van der Waals surface area (Å²) < 4.78 is 0. The van der Waals surface area contributed by atoms with E-state index in [9.17, 15) is 0 Å². The molecule has 0 saturated carbocycles. The molecule has 0 radical (unpaired) electrons. The van der Waals surface area contributed by atoms with Gasteiger partial charge in [0, 0.05) is 30.2 Å². The van der Waals surface area contributed by atoms with Crippen LogP contribution in [0.4, 0.5) is 5.69 Å². The van der Waals surface area contributed by atoms with Gasteiger partial charge in [0.05, 0.1) is 0 Å². The highest BCUT2D eigenvalue weighted by Crippen LogP contribution is 2.19. The highest BCUT2D eigenvalue weighted by molar-refractivity contribution is 5.44. The fourth-order valence-electron chi connectivity index (χ4n) is 1.71. The summed E-state index contributed by atoms with van der Waals surface area (Å²) >= 11 is 0. The zero-order chi connectivity index (χ0) is 9.15. The molecule has 1 aliphatic rings. The Kier molecular flexibility index (Phi) is 2.19. The average molecular weight is 177 g/mol. The van der Waals surface area contributed by atoms with Gasteiger partial charge in [0.15, 0.2) is 0 Å². The largest absolute Gasteiger partial charge is 0.378 e. The van der Waals surface area contributed by atoms with Crippen molar-refractivity contribution in [2.45, 2.75) is 18.9 Å². The Labute approximate surface area is 78.6 Å². The Hall–Kier alpha value is -1.09. The molecule has 13 heavy (non-hydrogen) atoms. The van der Waals surface area contributed by atoms with E-state index >= 15 is 0 Å². The molecule has 1 atom stereocenters. The van der Waals surface area contributed by atoms with Crippen LogP contribution in [-0.4, -0.2) is 23.6 Å². The first-order chi connectivity index (χ1) is 6.29. The number of rotatable bonds is 2. The first-order valence-electron chi connectivity index (χ1n) is 4.67. The lowest BCUT2D eigenvalue weighted by molar-refractivity contribution is 0.567. The highest BCUT2D eigenvalue weighted by atomic mass is 15.1. The van der Waals surface area contributed by atoms with E-state index in [1.165, 1.54) is 6.42 Å². The van der Waals surface area contributed by atoms with Gasteiger partial charge < -0.3 is 10.6 Å². The molecular weight excluding hydrogens is 162 g/mol. The monoisotopic (exact) mass is 177 g/mol. The van der Waals surface area contributed by atoms with E-state index in [2.05, 4.69) is 22.5 Å². The van der Waals surface area contributed by atoms with Crippen LogP contribution < -0.4 is 10.6 Å². The van der Waals surface area contributed by atoms with Crippen LogP contribution in [0.15, 0.2) is 24.5 Å². The number of nitrogens with zero attached hydrogens (tertiary/aromatic N) is 1. The van der Waals surface area contributed by atoms with E-state index in [-0.39, 0.29) is 5.54 Å².